The zero-order valence-electron chi connectivity index (χ0n) is 6.30. The van der Waals surface area contributed by atoms with Crippen molar-refractivity contribution in [1.82, 2.24) is 0 Å². The van der Waals surface area contributed by atoms with E-state index >= 15 is 0 Å². The van der Waals surface area contributed by atoms with Gasteiger partial charge in [-0.2, -0.15) is 14.0 Å². The molecule has 0 N–H and O–H groups in total. The summed E-state index contributed by atoms with van der Waals surface area (Å²) >= 11 is 0. The van der Waals surface area contributed by atoms with Crippen molar-refractivity contribution in [2.75, 3.05) is 0 Å². The first-order valence-corrected chi connectivity index (χ1v) is 3.27. The Balaban J connectivity index is 2.96. The Bertz CT molecular complexity index is 346. The predicted molar refractivity (Wildman–Crippen MR) is 37.7 cm³/mol. The largest absolute Gasteiger partial charge is 0.435 e. The first-order valence-electron chi connectivity index (χ1n) is 3.27. The van der Waals surface area contributed by atoms with Crippen LogP contribution < -0.4 is 4.74 Å². The molecule has 0 bridgehead atoms. The van der Waals surface area contributed by atoms with Crippen molar-refractivity contribution < 1.29 is 17.9 Å². The van der Waals surface area contributed by atoms with E-state index in [4.69, 9.17) is 5.26 Å². The van der Waals surface area contributed by atoms with Gasteiger partial charge in [0, 0.05) is 6.07 Å². The van der Waals surface area contributed by atoms with Crippen LogP contribution in [-0.2, 0) is 0 Å². The topological polar surface area (TPSA) is 33.0 Å². The van der Waals surface area contributed by atoms with Crippen molar-refractivity contribution in [2.24, 2.45) is 0 Å². The molecule has 0 spiro atoms. The summed E-state index contributed by atoms with van der Waals surface area (Å²) in [5, 5.41) is 8.36. The second kappa shape index (κ2) is 3.81. The zero-order valence-corrected chi connectivity index (χ0v) is 6.30. The lowest BCUT2D eigenvalue weighted by Gasteiger charge is -2.03. The average molecular weight is 187 g/mol. The fourth-order valence-electron chi connectivity index (χ4n) is 0.798. The Kier molecular flexibility index (Phi) is 2.75. The highest BCUT2D eigenvalue weighted by atomic mass is 19.3. The van der Waals surface area contributed by atoms with Gasteiger partial charge in [-0.1, -0.05) is 0 Å². The molecule has 0 saturated heterocycles. The molecule has 0 aliphatic carbocycles. The summed E-state index contributed by atoms with van der Waals surface area (Å²) in [5.41, 5.74) is -0.0596. The predicted octanol–water partition coefficient (Wildman–Crippen LogP) is 2.30. The maximum absolute atomic E-state index is 12.6. The fraction of sp³-hybridized carbons (Fsp3) is 0.125. The van der Waals surface area contributed by atoms with E-state index in [-0.39, 0.29) is 11.3 Å². The summed E-state index contributed by atoms with van der Waals surface area (Å²) < 4.78 is 39.8. The van der Waals surface area contributed by atoms with Crippen molar-refractivity contribution in [3.63, 3.8) is 0 Å². The van der Waals surface area contributed by atoms with Gasteiger partial charge in [-0.3, -0.25) is 0 Å². The number of ether oxygens (including phenoxy) is 1. The molecule has 0 saturated carbocycles. The fourth-order valence-corrected chi connectivity index (χ4v) is 0.798. The number of alkyl halides is 2. The maximum atomic E-state index is 12.6. The van der Waals surface area contributed by atoms with E-state index in [0.29, 0.717) is 0 Å². The normalized spacial score (nSPS) is 9.77. The highest BCUT2D eigenvalue weighted by Crippen LogP contribution is 2.17. The van der Waals surface area contributed by atoms with Crippen molar-refractivity contribution in [3.8, 4) is 11.8 Å². The van der Waals surface area contributed by atoms with Crippen LogP contribution in [0.1, 0.15) is 5.56 Å². The van der Waals surface area contributed by atoms with Gasteiger partial charge in [0.2, 0.25) is 0 Å². The molecule has 1 aromatic carbocycles. The number of nitriles is 1. The summed E-state index contributed by atoms with van der Waals surface area (Å²) in [6.45, 7) is -3.02. The third-order valence-electron chi connectivity index (χ3n) is 1.23. The molecule has 2 nitrogen and oxygen atoms in total. The Morgan fingerprint density at radius 1 is 1.31 bits per heavy atom. The second-order valence-corrected chi connectivity index (χ2v) is 2.17. The summed E-state index contributed by atoms with van der Waals surface area (Å²) in [6, 6.07) is 4.37. The van der Waals surface area contributed by atoms with Gasteiger partial charge in [0.25, 0.3) is 0 Å². The molecule has 0 heterocycles. The third-order valence-corrected chi connectivity index (χ3v) is 1.23. The Hall–Kier alpha value is -1.70. The molecule has 1 aromatic rings. The second-order valence-electron chi connectivity index (χ2n) is 2.17. The molecule has 13 heavy (non-hydrogen) atoms. The first-order chi connectivity index (χ1) is 6.11. The van der Waals surface area contributed by atoms with Gasteiger partial charge >= 0.3 is 6.61 Å². The number of halogens is 3. The molecule has 0 unspecified atom stereocenters. The molecule has 0 fully saturated rings. The molecule has 0 atom stereocenters. The van der Waals surface area contributed by atoms with E-state index in [1.54, 1.807) is 6.07 Å². The van der Waals surface area contributed by atoms with E-state index in [0.717, 1.165) is 18.2 Å². The minimum Gasteiger partial charge on any atom is -0.435 e. The van der Waals surface area contributed by atoms with Crippen LogP contribution in [0, 0.1) is 17.1 Å². The van der Waals surface area contributed by atoms with Gasteiger partial charge in [-0.05, 0) is 12.1 Å². The van der Waals surface area contributed by atoms with Gasteiger partial charge in [0.05, 0.1) is 11.6 Å². The van der Waals surface area contributed by atoms with Crippen LogP contribution in [0.4, 0.5) is 13.2 Å². The Morgan fingerprint density at radius 3 is 2.54 bits per heavy atom. The number of rotatable bonds is 2. The molecule has 0 aliphatic rings. The van der Waals surface area contributed by atoms with Gasteiger partial charge < -0.3 is 4.74 Å². The minimum atomic E-state index is -3.02. The van der Waals surface area contributed by atoms with Crippen LogP contribution in [-0.4, -0.2) is 6.61 Å². The van der Waals surface area contributed by atoms with Crippen LogP contribution in [0.5, 0.6) is 5.75 Å². The number of benzene rings is 1. The Morgan fingerprint density at radius 2 is 2.00 bits per heavy atom. The van der Waals surface area contributed by atoms with E-state index in [1.807, 2.05) is 0 Å². The monoisotopic (exact) mass is 187 g/mol. The van der Waals surface area contributed by atoms with Crippen molar-refractivity contribution in [2.45, 2.75) is 6.61 Å². The summed E-state index contributed by atoms with van der Waals surface area (Å²) in [4.78, 5) is 0. The van der Waals surface area contributed by atoms with Crippen molar-refractivity contribution in [1.29, 1.82) is 5.26 Å². The summed E-state index contributed by atoms with van der Waals surface area (Å²) in [5.74, 6) is -1.14. The molecule has 0 amide bonds. The highest BCUT2D eigenvalue weighted by Gasteiger charge is 2.06. The molecule has 68 valence electrons. The lowest BCUT2D eigenvalue weighted by atomic mass is 10.2. The molecule has 5 heteroatoms. The Labute approximate surface area is 72.2 Å². The van der Waals surface area contributed by atoms with Crippen LogP contribution in [0.15, 0.2) is 18.2 Å². The number of nitrogens with zero attached hydrogens (tertiary/aromatic N) is 1. The summed E-state index contributed by atoms with van der Waals surface area (Å²) in [7, 11) is 0. The number of hydrogen-bond acceptors (Lipinski definition) is 2. The van der Waals surface area contributed by atoms with E-state index in [1.165, 1.54) is 0 Å². The molecule has 0 aromatic heterocycles. The van der Waals surface area contributed by atoms with Gasteiger partial charge in [0.15, 0.2) is 0 Å². The molecular weight excluding hydrogens is 183 g/mol. The molecule has 1 rings (SSSR count). The third kappa shape index (κ3) is 2.67. The quantitative estimate of drug-likeness (QED) is 0.711. The van der Waals surface area contributed by atoms with Gasteiger partial charge in [-0.15, -0.1) is 0 Å². The standard InChI is InChI=1S/C8H4F3NO/c9-6-1-5(4-12)2-7(3-6)13-8(10)11/h1-3,8H. The van der Waals surface area contributed by atoms with Gasteiger partial charge in [0.1, 0.15) is 11.6 Å². The minimum absolute atomic E-state index is 0.0596. The van der Waals surface area contributed by atoms with Gasteiger partial charge in [-0.25, -0.2) is 4.39 Å². The SMILES string of the molecule is N#Cc1cc(F)cc(OC(F)F)c1. The van der Waals surface area contributed by atoms with E-state index in [9.17, 15) is 13.2 Å². The highest BCUT2D eigenvalue weighted by molar-refractivity contribution is 5.36. The van der Waals surface area contributed by atoms with Crippen molar-refractivity contribution in [3.05, 3.63) is 29.6 Å². The maximum Gasteiger partial charge on any atom is 0.387 e. The lowest BCUT2D eigenvalue weighted by molar-refractivity contribution is -0.0500. The van der Waals surface area contributed by atoms with Crippen LogP contribution in [0.2, 0.25) is 0 Å². The van der Waals surface area contributed by atoms with E-state index in [2.05, 4.69) is 4.74 Å². The van der Waals surface area contributed by atoms with E-state index < -0.39 is 12.4 Å². The smallest absolute Gasteiger partial charge is 0.387 e. The average Bonchev–Trinajstić information content (AvgIpc) is 2.01. The van der Waals surface area contributed by atoms with Crippen molar-refractivity contribution >= 4 is 0 Å². The van der Waals surface area contributed by atoms with Crippen LogP contribution in [0.25, 0.3) is 0 Å². The number of hydrogen-bond donors (Lipinski definition) is 0. The zero-order chi connectivity index (χ0) is 9.84. The molecule has 0 aliphatic heterocycles. The molecule has 0 radical (unpaired) electrons. The lowest BCUT2D eigenvalue weighted by Crippen LogP contribution is -2.02. The summed E-state index contributed by atoms with van der Waals surface area (Å²) in [6.07, 6.45) is 0. The molecular formula is C8H4F3NO. The van der Waals surface area contributed by atoms with Crippen LogP contribution >= 0.6 is 0 Å². The first kappa shape index (κ1) is 9.39. The van der Waals surface area contributed by atoms with Crippen LogP contribution in [0.3, 0.4) is 0 Å².